The second kappa shape index (κ2) is 5.84. The van der Waals surface area contributed by atoms with Crippen LogP contribution in [0.15, 0.2) is 41.4 Å². The SMILES string of the molecule is C/C(Cl)=C/CNC(C)c1ccccc1. The third-order valence-electron chi connectivity index (χ3n) is 2.11. The van der Waals surface area contributed by atoms with Crippen LogP contribution in [0.1, 0.15) is 25.5 Å². The Kier molecular flexibility index (Phi) is 4.71. The van der Waals surface area contributed by atoms with Crippen molar-refractivity contribution < 1.29 is 0 Å². The molecule has 0 saturated carbocycles. The maximum absolute atomic E-state index is 5.73. The minimum absolute atomic E-state index is 0.364. The predicted octanol–water partition coefficient (Wildman–Crippen LogP) is 3.48. The topological polar surface area (TPSA) is 12.0 Å². The molecular formula is C12H16ClN. The van der Waals surface area contributed by atoms with E-state index in [1.165, 1.54) is 5.56 Å². The first-order valence-corrected chi connectivity index (χ1v) is 5.18. The molecular weight excluding hydrogens is 194 g/mol. The van der Waals surface area contributed by atoms with E-state index in [0.717, 1.165) is 11.6 Å². The average molecular weight is 210 g/mol. The molecule has 2 heteroatoms. The Morgan fingerprint density at radius 1 is 1.43 bits per heavy atom. The number of rotatable bonds is 4. The maximum Gasteiger partial charge on any atom is 0.0294 e. The van der Waals surface area contributed by atoms with E-state index in [-0.39, 0.29) is 0 Å². The Hall–Kier alpha value is -0.790. The standard InChI is InChI=1S/C12H16ClN/c1-10(13)8-9-14-11(2)12-6-4-3-5-7-12/h3-8,11,14H,9H2,1-2H3/b10-8-. The Morgan fingerprint density at radius 3 is 2.64 bits per heavy atom. The fourth-order valence-electron chi connectivity index (χ4n) is 1.24. The number of halogens is 1. The van der Waals surface area contributed by atoms with Crippen LogP contribution in [-0.2, 0) is 0 Å². The van der Waals surface area contributed by atoms with Crippen molar-refractivity contribution in [1.29, 1.82) is 0 Å². The molecule has 0 amide bonds. The molecule has 0 aliphatic rings. The number of nitrogens with one attached hydrogen (secondary N) is 1. The first-order chi connectivity index (χ1) is 6.70. The molecule has 0 heterocycles. The van der Waals surface area contributed by atoms with Gasteiger partial charge in [-0.3, -0.25) is 0 Å². The van der Waals surface area contributed by atoms with E-state index in [1.807, 2.05) is 19.1 Å². The lowest BCUT2D eigenvalue weighted by atomic mass is 10.1. The van der Waals surface area contributed by atoms with Gasteiger partial charge in [-0.25, -0.2) is 0 Å². The molecule has 1 N–H and O–H groups in total. The molecule has 1 unspecified atom stereocenters. The third-order valence-corrected chi connectivity index (χ3v) is 2.26. The van der Waals surface area contributed by atoms with Gasteiger partial charge in [-0.2, -0.15) is 0 Å². The molecule has 0 spiro atoms. The van der Waals surface area contributed by atoms with Gasteiger partial charge in [0.15, 0.2) is 0 Å². The van der Waals surface area contributed by atoms with Gasteiger partial charge in [-0.15, -0.1) is 0 Å². The Bertz CT molecular complexity index is 288. The van der Waals surface area contributed by atoms with Crippen molar-refractivity contribution in [2.75, 3.05) is 6.54 Å². The van der Waals surface area contributed by atoms with Crippen LogP contribution in [0, 0.1) is 0 Å². The van der Waals surface area contributed by atoms with Crippen molar-refractivity contribution in [3.05, 3.63) is 47.0 Å². The van der Waals surface area contributed by atoms with E-state index in [1.54, 1.807) is 0 Å². The van der Waals surface area contributed by atoms with E-state index in [4.69, 9.17) is 11.6 Å². The zero-order chi connectivity index (χ0) is 10.4. The summed E-state index contributed by atoms with van der Waals surface area (Å²) in [5, 5.41) is 4.20. The molecule has 14 heavy (non-hydrogen) atoms. The van der Waals surface area contributed by atoms with Crippen LogP contribution < -0.4 is 5.32 Å². The summed E-state index contributed by atoms with van der Waals surface area (Å²) in [7, 11) is 0. The first kappa shape index (κ1) is 11.3. The number of hydrogen-bond acceptors (Lipinski definition) is 1. The molecule has 0 bridgehead atoms. The van der Waals surface area contributed by atoms with Gasteiger partial charge in [0.2, 0.25) is 0 Å². The molecule has 1 aromatic carbocycles. The monoisotopic (exact) mass is 209 g/mol. The summed E-state index contributed by atoms with van der Waals surface area (Å²) >= 11 is 5.73. The van der Waals surface area contributed by atoms with Crippen LogP contribution in [0.2, 0.25) is 0 Å². The van der Waals surface area contributed by atoms with E-state index in [9.17, 15) is 0 Å². The zero-order valence-electron chi connectivity index (χ0n) is 8.63. The molecule has 0 aliphatic carbocycles. The Labute approximate surface area is 90.8 Å². The Balaban J connectivity index is 2.43. The maximum atomic E-state index is 5.73. The van der Waals surface area contributed by atoms with Crippen LogP contribution in [0.3, 0.4) is 0 Å². The summed E-state index contributed by atoms with van der Waals surface area (Å²) in [6, 6.07) is 10.7. The van der Waals surface area contributed by atoms with Crippen LogP contribution in [0.5, 0.6) is 0 Å². The molecule has 0 aliphatic heterocycles. The van der Waals surface area contributed by atoms with Gasteiger partial charge in [-0.05, 0) is 19.4 Å². The highest BCUT2D eigenvalue weighted by atomic mass is 35.5. The van der Waals surface area contributed by atoms with Gasteiger partial charge >= 0.3 is 0 Å². The summed E-state index contributed by atoms with van der Waals surface area (Å²) in [5.74, 6) is 0. The summed E-state index contributed by atoms with van der Waals surface area (Å²) in [4.78, 5) is 0. The largest absolute Gasteiger partial charge is 0.307 e. The van der Waals surface area contributed by atoms with Crippen LogP contribution in [-0.4, -0.2) is 6.54 Å². The van der Waals surface area contributed by atoms with Gasteiger partial charge in [0.25, 0.3) is 0 Å². The Morgan fingerprint density at radius 2 is 2.07 bits per heavy atom. The summed E-state index contributed by atoms with van der Waals surface area (Å²) in [6.45, 7) is 4.84. The van der Waals surface area contributed by atoms with Crippen molar-refractivity contribution in [3.63, 3.8) is 0 Å². The van der Waals surface area contributed by atoms with Crippen LogP contribution >= 0.6 is 11.6 Å². The predicted molar refractivity (Wildman–Crippen MR) is 62.5 cm³/mol. The normalized spacial score (nSPS) is 14.1. The van der Waals surface area contributed by atoms with Gasteiger partial charge in [0.05, 0.1) is 0 Å². The highest BCUT2D eigenvalue weighted by molar-refractivity contribution is 6.29. The highest BCUT2D eigenvalue weighted by Gasteiger charge is 2.01. The molecule has 1 atom stereocenters. The minimum Gasteiger partial charge on any atom is -0.307 e. The molecule has 1 rings (SSSR count). The number of hydrogen-bond donors (Lipinski definition) is 1. The molecule has 76 valence electrons. The van der Waals surface area contributed by atoms with Crippen LogP contribution in [0.4, 0.5) is 0 Å². The summed E-state index contributed by atoms with van der Waals surface area (Å²) in [5.41, 5.74) is 1.30. The second-order valence-corrected chi connectivity index (χ2v) is 3.93. The summed E-state index contributed by atoms with van der Waals surface area (Å²) in [6.07, 6.45) is 1.97. The van der Waals surface area contributed by atoms with Crippen molar-refractivity contribution in [2.45, 2.75) is 19.9 Å². The van der Waals surface area contributed by atoms with E-state index >= 15 is 0 Å². The molecule has 0 radical (unpaired) electrons. The molecule has 1 nitrogen and oxygen atoms in total. The van der Waals surface area contributed by atoms with Gasteiger partial charge in [0.1, 0.15) is 0 Å². The number of benzene rings is 1. The first-order valence-electron chi connectivity index (χ1n) is 4.80. The third kappa shape index (κ3) is 3.95. The van der Waals surface area contributed by atoms with E-state index in [2.05, 4.69) is 36.5 Å². The molecule has 1 aromatic rings. The van der Waals surface area contributed by atoms with Gasteiger partial charge < -0.3 is 5.32 Å². The molecule has 0 saturated heterocycles. The minimum atomic E-state index is 0.364. The van der Waals surface area contributed by atoms with Crippen molar-refractivity contribution in [3.8, 4) is 0 Å². The fourth-order valence-corrected chi connectivity index (χ4v) is 1.31. The average Bonchev–Trinajstić information content (AvgIpc) is 2.18. The fraction of sp³-hybridized carbons (Fsp3) is 0.333. The lowest BCUT2D eigenvalue weighted by Crippen LogP contribution is -2.18. The van der Waals surface area contributed by atoms with Gasteiger partial charge in [-0.1, -0.05) is 48.0 Å². The highest BCUT2D eigenvalue weighted by Crippen LogP contribution is 2.10. The number of allylic oxidation sites excluding steroid dienone is 1. The lowest BCUT2D eigenvalue weighted by Gasteiger charge is -2.12. The van der Waals surface area contributed by atoms with Gasteiger partial charge in [0, 0.05) is 17.6 Å². The van der Waals surface area contributed by atoms with Crippen molar-refractivity contribution >= 4 is 11.6 Å². The quantitative estimate of drug-likeness (QED) is 0.801. The van der Waals surface area contributed by atoms with Crippen molar-refractivity contribution in [2.24, 2.45) is 0 Å². The lowest BCUT2D eigenvalue weighted by molar-refractivity contribution is 0.617. The molecule has 0 aromatic heterocycles. The molecule has 0 fully saturated rings. The van der Waals surface area contributed by atoms with E-state index < -0.39 is 0 Å². The summed E-state index contributed by atoms with van der Waals surface area (Å²) < 4.78 is 0. The smallest absolute Gasteiger partial charge is 0.0294 e. The van der Waals surface area contributed by atoms with Crippen LogP contribution in [0.25, 0.3) is 0 Å². The zero-order valence-corrected chi connectivity index (χ0v) is 9.38. The second-order valence-electron chi connectivity index (χ2n) is 3.33. The van der Waals surface area contributed by atoms with Crippen molar-refractivity contribution in [1.82, 2.24) is 5.32 Å². The van der Waals surface area contributed by atoms with E-state index in [0.29, 0.717) is 6.04 Å².